The highest BCUT2D eigenvalue weighted by Gasteiger charge is 2.21. The smallest absolute Gasteiger partial charge is 0.239 e. The number of anilines is 1. The van der Waals surface area contributed by atoms with Crippen LogP contribution in [0.3, 0.4) is 0 Å². The number of thiazole rings is 1. The first-order valence-electron chi connectivity index (χ1n) is 9.84. The maximum absolute atomic E-state index is 13.2. The average Bonchev–Trinajstić information content (AvgIpc) is 3.16. The number of morpholine rings is 1. The lowest BCUT2D eigenvalue weighted by Crippen LogP contribution is -2.43. The predicted molar refractivity (Wildman–Crippen MR) is 121 cm³/mol. The zero-order valence-corrected chi connectivity index (χ0v) is 18.2. The number of hydrogen-bond acceptors (Lipinski definition) is 6. The Kier molecular flexibility index (Phi) is 6.82. The molecule has 1 saturated heterocycles. The van der Waals surface area contributed by atoms with Crippen molar-refractivity contribution in [1.29, 1.82) is 0 Å². The Morgan fingerprint density at radius 1 is 1.21 bits per heavy atom. The van der Waals surface area contributed by atoms with Crippen LogP contribution in [0.15, 0.2) is 53.4 Å². The highest BCUT2D eigenvalue weighted by Crippen LogP contribution is 2.30. The number of carbonyl (C=O) groups excluding carboxylic acids is 1. The van der Waals surface area contributed by atoms with Crippen LogP contribution in [-0.4, -0.2) is 60.9 Å². The lowest BCUT2D eigenvalue weighted by molar-refractivity contribution is -0.116. The van der Waals surface area contributed by atoms with Crippen molar-refractivity contribution in [2.75, 3.05) is 50.0 Å². The molecule has 2 aromatic carbocycles. The third kappa shape index (κ3) is 5.36. The van der Waals surface area contributed by atoms with Gasteiger partial charge in [-0.25, -0.2) is 4.98 Å². The van der Waals surface area contributed by atoms with Gasteiger partial charge in [-0.05, 0) is 36.8 Å². The fraction of sp³-hybridized carbons (Fsp3) is 0.364. The average molecular weight is 428 g/mol. The van der Waals surface area contributed by atoms with Gasteiger partial charge in [0.15, 0.2) is 5.13 Å². The van der Waals surface area contributed by atoms with E-state index in [0.29, 0.717) is 12.3 Å². The van der Waals surface area contributed by atoms with E-state index in [-0.39, 0.29) is 5.91 Å². The summed E-state index contributed by atoms with van der Waals surface area (Å²) in [5.74, 6) is 0.505. The zero-order valence-electron chi connectivity index (χ0n) is 16.5. The summed E-state index contributed by atoms with van der Waals surface area (Å²) in [4.78, 5) is 23.3. The third-order valence-corrected chi connectivity index (χ3v) is 6.95. The Balaban J connectivity index is 1.51. The van der Waals surface area contributed by atoms with Crippen molar-refractivity contribution in [3.63, 3.8) is 0 Å². The molecule has 152 valence electrons. The second-order valence-electron chi connectivity index (χ2n) is 7.07. The molecule has 0 atom stereocenters. The van der Waals surface area contributed by atoms with Crippen molar-refractivity contribution >= 4 is 44.4 Å². The molecule has 5 nitrogen and oxygen atoms in total. The fourth-order valence-corrected chi connectivity index (χ4v) is 5.17. The molecule has 0 unspecified atom stereocenters. The fourth-order valence-electron chi connectivity index (χ4n) is 3.27. The van der Waals surface area contributed by atoms with Gasteiger partial charge in [-0.2, -0.15) is 0 Å². The molecular formula is C22H25N3O2S2. The number of fused-ring (bicyclic) bond motifs is 1. The van der Waals surface area contributed by atoms with E-state index in [2.05, 4.69) is 24.0 Å². The second-order valence-corrected chi connectivity index (χ2v) is 9.13. The van der Waals surface area contributed by atoms with E-state index in [1.807, 2.05) is 41.3 Å². The number of aromatic nitrogens is 1. The summed E-state index contributed by atoms with van der Waals surface area (Å²) in [6, 6.07) is 16.3. The maximum Gasteiger partial charge on any atom is 0.239 e. The van der Waals surface area contributed by atoms with Crippen LogP contribution in [-0.2, 0) is 9.53 Å². The minimum absolute atomic E-state index is 0.0999. The molecule has 0 radical (unpaired) electrons. The third-order valence-electron chi connectivity index (χ3n) is 4.91. The molecule has 1 aliphatic heterocycles. The Labute approximate surface area is 179 Å². The first-order chi connectivity index (χ1) is 14.2. The summed E-state index contributed by atoms with van der Waals surface area (Å²) in [5.41, 5.74) is 2.16. The summed E-state index contributed by atoms with van der Waals surface area (Å²) in [7, 11) is 0. The molecule has 29 heavy (non-hydrogen) atoms. The topological polar surface area (TPSA) is 45.7 Å². The largest absolute Gasteiger partial charge is 0.379 e. The van der Waals surface area contributed by atoms with Crippen molar-refractivity contribution in [2.45, 2.75) is 11.8 Å². The first kappa shape index (κ1) is 20.3. The quantitative estimate of drug-likeness (QED) is 0.532. The summed E-state index contributed by atoms with van der Waals surface area (Å²) in [5, 5.41) is 0.789. The highest BCUT2D eigenvalue weighted by atomic mass is 32.2. The Morgan fingerprint density at radius 3 is 2.79 bits per heavy atom. The van der Waals surface area contributed by atoms with Crippen LogP contribution < -0.4 is 4.90 Å². The molecule has 3 aromatic rings. The van der Waals surface area contributed by atoms with E-state index in [9.17, 15) is 4.79 Å². The lowest BCUT2D eigenvalue weighted by atomic mass is 10.2. The van der Waals surface area contributed by atoms with Crippen LogP contribution >= 0.6 is 23.1 Å². The molecule has 1 amide bonds. The number of thioether (sulfide) groups is 1. The van der Waals surface area contributed by atoms with Gasteiger partial charge < -0.3 is 4.74 Å². The molecule has 0 spiro atoms. The Morgan fingerprint density at radius 2 is 2.00 bits per heavy atom. The monoisotopic (exact) mass is 427 g/mol. The Hall–Kier alpha value is -1.93. The van der Waals surface area contributed by atoms with Crippen molar-refractivity contribution in [1.82, 2.24) is 9.88 Å². The zero-order chi connectivity index (χ0) is 20.1. The van der Waals surface area contributed by atoms with Crippen LogP contribution in [0.1, 0.15) is 5.56 Å². The molecule has 0 saturated carbocycles. The molecule has 1 aromatic heterocycles. The van der Waals surface area contributed by atoms with Crippen molar-refractivity contribution in [2.24, 2.45) is 0 Å². The number of hydrogen-bond donors (Lipinski definition) is 0. The molecule has 7 heteroatoms. The summed E-state index contributed by atoms with van der Waals surface area (Å²) in [6.07, 6.45) is 0. The summed E-state index contributed by atoms with van der Waals surface area (Å²) in [6.45, 7) is 6.92. The summed E-state index contributed by atoms with van der Waals surface area (Å²) >= 11 is 3.17. The van der Waals surface area contributed by atoms with Gasteiger partial charge in [0, 0.05) is 31.1 Å². The standard InChI is InChI=1S/C22H25N3O2S2/c1-17-7-8-19-20(15-17)29-22(23-19)25(10-9-24-11-13-27-14-12-24)21(26)16-28-18-5-3-2-4-6-18/h2-8,15H,9-14,16H2,1H3. The molecule has 0 aliphatic carbocycles. The number of benzene rings is 2. The molecule has 1 aliphatic rings. The predicted octanol–water partition coefficient (Wildman–Crippen LogP) is 4.06. The van der Waals surface area contributed by atoms with Crippen LogP contribution in [0.4, 0.5) is 5.13 Å². The number of rotatable bonds is 7. The molecule has 0 N–H and O–H groups in total. The SMILES string of the molecule is Cc1ccc2nc(N(CCN3CCOCC3)C(=O)CSc3ccccc3)sc2c1. The molecule has 1 fully saturated rings. The number of amides is 1. The molecule has 4 rings (SSSR count). The number of carbonyl (C=O) groups is 1. The maximum atomic E-state index is 13.2. The van der Waals surface area contributed by atoms with Crippen molar-refractivity contribution in [3.05, 3.63) is 54.1 Å². The van der Waals surface area contributed by atoms with Crippen LogP contribution in [0.2, 0.25) is 0 Å². The van der Waals surface area contributed by atoms with E-state index < -0.39 is 0 Å². The van der Waals surface area contributed by atoms with Crippen LogP contribution in [0.5, 0.6) is 0 Å². The molecule has 2 heterocycles. The van der Waals surface area contributed by atoms with Gasteiger partial charge in [0.2, 0.25) is 5.91 Å². The molecule has 0 bridgehead atoms. The van der Waals surface area contributed by atoms with Crippen LogP contribution in [0, 0.1) is 6.92 Å². The normalized spacial score (nSPS) is 14.9. The second kappa shape index (κ2) is 9.71. The number of aryl methyl sites for hydroxylation is 1. The van der Waals surface area contributed by atoms with Gasteiger partial charge in [0.1, 0.15) is 0 Å². The van der Waals surface area contributed by atoms with Crippen LogP contribution in [0.25, 0.3) is 10.2 Å². The van der Waals surface area contributed by atoms with E-state index >= 15 is 0 Å². The van der Waals surface area contributed by atoms with Gasteiger partial charge in [0.25, 0.3) is 0 Å². The number of ether oxygens (including phenoxy) is 1. The van der Waals surface area contributed by atoms with Gasteiger partial charge in [-0.3, -0.25) is 14.6 Å². The Bertz CT molecular complexity index is 955. The summed E-state index contributed by atoms with van der Waals surface area (Å²) < 4.78 is 6.57. The van der Waals surface area contributed by atoms with E-state index in [4.69, 9.17) is 9.72 Å². The van der Waals surface area contributed by atoms with Gasteiger partial charge in [-0.1, -0.05) is 35.6 Å². The van der Waals surface area contributed by atoms with Gasteiger partial charge in [-0.15, -0.1) is 11.8 Å². The van der Waals surface area contributed by atoms with E-state index in [1.165, 1.54) is 5.56 Å². The minimum atomic E-state index is 0.0999. The lowest BCUT2D eigenvalue weighted by Gasteiger charge is -2.29. The highest BCUT2D eigenvalue weighted by molar-refractivity contribution is 8.00. The van der Waals surface area contributed by atoms with Crippen molar-refractivity contribution in [3.8, 4) is 0 Å². The van der Waals surface area contributed by atoms with E-state index in [0.717, 1.165) is 53.1 Å². The van der Waals surface area contributed by atoms with Gasteiger partial charge >= 0.3 is 0 Å². The minimum Gasteiger partial charge on any atom is -0.379 e. The van der Waals surface area contributed by atoms with E-state index in [1.54, 1.807) is 23.1 Å². The first-order valence-corrected chi connectivity index (χ1v) is 11.6. The van der Waals surface area contributed by atoms with Gasteiger partial charge in [0.05, 0.1) is 29.2 Å². The van der Waals surface area contributed by atoms with Crippen molar-refractivity contribution < 1.29 is 9.53 Å². The number of nitrogens with zero attached hydrogens (tertiary/aromatic N) is 3. The molecular weight excluding hydrogens is 402 g/mol.